The van der Waals surface area contributed by atoms with Crippen molar-refractivity contribution >= 4 is 41.5 Å². The number of amides is 1. The molecule has 2 aromatic carbocycles. The third kappa shape index (κ3) is 6.42. The lowest BCUT2D eigenvalue weighted by molar-refractivity contribution is -0.123. The molecular weight excluding hydrogens is 500 g/mol. The average Bonchev–Trinajstić information content (AvgIpc) is 3.07. The zero-order chi connectivity index (χ0) is 23.5. The lowest BCUT2D eigenvalue weighted by atomic mass is 10.1. The maximum Gasteiger partial charge on any atom is 0.405 e. The van der Waals surface area contributed by atoms with E-state index in [1.807, 2.05) is 5.32 Å². The predicted molar refractivity (Wildman–Crippen MR) is 125 cm³/mol. The minimum absolute atomic E-state index is 0. The highest BCUT2D eigenvalue weighted by Gasteiger charge is 2.30. The Labute approximate surface area is 204 Å². The van der Waals surface area contributed by atoms with Gasteiger partial charge in [-0.25, -0.2) is 4.68 Å². The molecular formula is C22H18Cl3F3N4O. The van der Waals surface area contributed by atoms with Crippen LogP contribution in [0.15, 0.2) is 42.5 Å². The zero-order valence-corrected chi connectivity index (χ0v) is 19.5. The molecule has 174 valence electrons. The van der Waals surface area contributed by atoms with Gasteiger partial charge >= 0.3 is 6.18 Å². The Bertz CT molecular complexity index is 1210. The molecule has 0 saturated heterocycles. The lowest BCUT2D eigenvalue weighted by Crippen LogP contribution is -2.34. The van der Waals surface area contributed by atoms with E-state index in [0.717, 1.165) is 0 Å². The van der Waals surface area contributed by atoms with Gasteiger partial charge in [0.05, 0.1) is 22.9 Å². The lowest BCUT2D eigenvalue weighted by Gasteiger charge is -2.11. The smallest absolute Gasteiger partial charge is 0.342 e. The van der Waals surface area contributed by atoms with Crippen LogP contribution in [0.3, 0.4) is 0 Å². The Balaban J connectivity index is 0.00000385. The van der Waals surface area contributed by atoms with Crippen molar-refractivity contribution < 1.29 is 18.0 Å². The molecule has 0 atom stereocenters. The number of benzene rings is 2. The normalized spacial score (nSPS) is 10.8. The molecule has 3 rings (SSSR count). The van der Waals surface area contributed by atoms with E-state index in [0.29, 0.717) is 33.1 Å². The summed E-state index contributed by atoms with van der Waals surface area (Å²) in [6.07, 6.45) is -4.55. The maximum atomic E-state index is 12.6. The predicted octanol–water partition coefficient (Wildman–Crippen LogP) is 5.18. The largest absolute Gasteiger partial charge is 0.405 e. The Morgan fingerprint density at radius 2 is 1.85 bits per heavy atom. The molecule has 3 N–H and O–H groups in total. The number of nitrogens with one attached hydrogen (secondary N) is 1. The second-order valence-electron chi connectivity index (χ2n) is 6.71. The first kappa shape index (κ1) is 26.6. The van der Waals surface area contributed by atoms with Crippen molar-refractivity contribution in [2.75, 3.05) is 13.1 Å². The van der Waals surface area contributed by atoms with Crippen LogP contribution in [0.1, 0.15) is 21.6 Å². The SMILES string of the molecule is Cc1c(C(=O)NCC(F)(F)F)nn(-c2ccc(C#CCN)cc2Cl)c1-c1ccc(Cl)cc1.Cl. The fourth-order valence-electron chi connectivity index (χ4n) is 3.01. The standard InChI is InChI=1S/C22H17Cl2F3N4O.ClH/c1-13-19(21(32)29-12-22(25,26)27)30-31(20(13)15-5-7-16(23)8-6-15)18-9-4-14(3-2-10-28)11-17(18)24;/h4-9,11H,10,12,28H2,1H3,(H,29,32);1H. The number of aromatic nitrogens is 2. The van der Waals surface area contributed by atoms with Crippen LogP contribution in [0.5, 0.6) is 0 Å². The summed E-state index contributed by atoms with van der Waals surface area (Å²) in [5.74, 6) is 4.65. The fraction of sp³-hybridized carbons (Fsp3) is 0.182. The molecule has 1 aromatic heterocycles. The second-order valence-corrected chi connectivity index (χ2v) is 7.55. The number of nitrogens with zero attached hydrogens (tertiary/aromatic N) is 2. The van der Waals surface area contributed by atoms with Crippen LogP contribution < -0.4 is 11.1 Å². The highest BCUT2D eigenvalue weighted by atomic mass is 35.5. The minimum atomic E-state index is -4.55. The van der Waals surface area contributed by atoms with Crippen molar-refractivity contribution in [3.8, 4) is 28.8 Å². The van der Waals surface area contributed by atoms with Crippen LogP contribution in [0, 0.1) is 18.8 Å². The monoisotopic (exact) mass is 516 g/mol. The van der Waals surface area contributed by atoms with Gasteiger partial charge in [-0.1, -0.05) is 47.2 Å². The third-order valence-electron chi connectivity index (χ3n) is 4.41. The topological polar surface area (TPSA) is 72.9 Å². The molecule has 0 bridgehead atoms. The molecule has 0 saturated carbocycles. The number of halogens is 6. The Morgan fingerprint density at radius 1 is 1.18 bits per heavy atom. The second kappa shape index (κ2) is 10.9. The Morgan fingerprint density at radius 3 is 2.42 bits per heavy atom. The third-order valence-corrected chi connectivity index (χ3v) is 4.97. The van der Waals surface area contributed by atoms with Crippen molar-refractivity contribution in [3.63, 3.8) is 0 Å². The number of nitrogens with two attached hydrogens (primary N) is 1. The van der Waals surface area contributed by atoms with E-state index in [-0.39, 0.29) is 29.7 Å². The Kier molecular flexibility index (Phi) is 8.81. The fourth-order valence-corrected chi connectivity index (χ4v) is 3.39. The van der Waals surface area contributed by atoms with Crippen LogP contribution >= 0.6 is 35.6 Å². The van der Waals surface area contributed by atoms with Crippen LogP contribution in [0.2, 0.25) is 10.0 Å². The summed E-state index contributed by atoms with van der Waals surface area (Å²) in [6, 6.07) is 11.7. The van der Waals surface area contributed by atoms with E-state index in [1.165, 1.54) is 4.68 Å². The summed E-state index contributed by atoms with van der Waals surface area (Å²) >= 11 is 12.4. The molecule has 0 aliphatic heterocycles. The number of hydrogen-bond donors (Lipinski definition) is 2. The van der Waals surface area contributed by atoms with Crippen LogP contribution in [-0.2, 0) is 0 Å². The highest BCUT2D eigenvalue weighted by molar-refractivity contribution is 6.32. The molecule has 33 heavy (non-hydrogen) atoms. The van der Waals surface area contributed by atoms with E-state index in [4.69, 9.17) is 28.9 Å². The summed E-state index contributed by atoms with van der Waals surface area (Å²) in [5.41, 5.74) is 7.82. The minimum Gasteiger partial charge on any atom is -0.342 e. The zero-order valence-electron chi connectivity index (χ0n) is 17.1. The van der Waals surface area contributed by atoms with E-state index in [1.54, 1.807) is 49.4 Å². The van der Waals surface area contributed by atoms with Gasteiger partial charge in [-0.05, 0) is 37.3 Å². The average molecular weight is 518 g/mol. The van der Waals surface area contributed by atoms with Crippen LogP contribution in [0.4, 0.5) is 13.2 Å². The maximum absolute atomic E-state index is 12.6. The van der Waals surface area contributed by atoms with Crippen LogP contribution in [-0.4, -0.2) is 35.0 Å². The number of carbonyl (C=O) groups is 1. The molecule has 0 spiro atoms. The van der Waals surface area contributed by atoms with E-state index >= 15 is 0 Å². The summed E-state index contributed by atoms with van der Waals surface area (Å²) in [7, 11) is 0. The molecule has 0 unspecified atom stereocenters. The molecule has 1 amide bonds. The van der Waals surface area contributed by atoms with Crippen molar-refractivity contribution in [1.82, 2.24) is 15.1 Å². The molecule has 0 radical (unpaired) electrons. The van der Waals surface area contributed by atoms with Gasteiger partial charge < -0.3 is 11.1 Å². The first-order chi connectivity index (χ1) is 15.1. The van der Waals surface area contributed by atoms with Gasteiger partial charge in [-0.15, -0.1) is 12.4 Å². The molecule has 3 aromatic rings. The summed E-state index contributed by atoms with van der Waals surface area (Å²) in [6.45, 7) is 0.323. The van der Waals surface area contributed by atoms with Crippen molar-refractivity contribution in [1.29, 1.82) is 0 Å². The molecule has 0 aliphatic rings. The molecule has 1 heterocycles. The van der Waals surface area contributed by atoms with Gasteiger partial charge in [0, 0.05) is 21.7 Å². The first-order valence-electron chi connectivity index (χ1n) is 9.30. The van der Waals surface area contributed by atoms with Gasteiger partial charge in [0.1, 0.15) is 6.54 Å². The van der Waals surface area contributed by atoms with E-state index < -0.39 is 18.6 Å². The van der Waals surface area contributed by atoms with Crippen LogP contribution in [0.25, 0.3) is 16.9 Å². The highest BCUT2D eigenvalue weighted by Crippen LogP contribution is 2.32. The summed E-state index contributed by atoms with van der Waals surface area (Å²) in [4.78, 5) is 12.5. The molecule has 11 heteroatoms. The first-order valence-corrected chi connectivity index (χ1v) is 10.1. The van der Waals surface area contributed by atoms with E-state index in [2.05, 4.69) is 16.9 Å². The molecule has 5 nitrogen and oxygen atoms in total. The van der Waals surface area contributed by atoms with Gasteiger partial charge in [0.15, 0.2) is 5.69 Å². The summed E-state index contributed by atoms with van der Waals surface area (Å²) in [5, 5.41) is 6.94. The number of alkyl halides is 3. The van der Waals surface area contributed by atoms with Crippen molar-refractivity contribution in [2.45, 2.75) is 13.1 Å². The van der Waals surface area contributed by atoms with Gasteiger partial charge in [0.25, 0.3) is 5.91 Å². The summed E-state index contributed by atoms with van der Waals surface area (Å²) < 4.78 is 39.1. The quantitative estimate of drug-likeness (QED) is 0.469. The molecule has 0 aliphatic carbocycles. The Hall–Kier alpha value is -2.70. The number of carbonyl (C=O) groups excluding carboxylic acids is 1. The van der Waals surface area contributed by atoms with Gasteiger partial charge in [-0.2, -0.15) is 18.3 Å². The molecule has 0 fully saturated rings. The number of hydrogen-bond acceptors (Lipinski definition) is 3. The van der Waals surface area contributed by atoms with Gasteiger partial charge in [-0.3, -0.25) is 4.79 Å². The van der Waals surface area contributed by atoms with Crippen molar-refractivity contribution in [3.05, 3.63) is 69.3 Å². The van der Waals surface area contributed by atoms with E-state index in [9.17, 15) is 18.0 Å². The number of rotatable bonds is 4. The van der Waals surface area contributed by atoms with Gasteiger partial charge in [0.2, 0.25) is 0 Å². The van der Waals surface area contributed by atoms with Crippen molar-refractivity contribution in [2.24, 2.45) is 5.73 Å².